The van der Waals surface area contributed by atoms with Crippen molar-refractivity contribution in [2.45, 2.75) is 6.42 Å². The first kappa shape index (κ1) is 16.0. The molecule has 1 saturated heterocycles. The van der Waals surface area contributed by atoms with Gasteiger partial charge in [0.15, 0.2) is 11.6 Å². The number of amides is 1. The highest BCUT2D eigenvalue weighted by Crippen LogP contribution is 2.20. The highest BCUT2D eigenvalue weighted by molar-refractivity contribution is 6.30. The maximum absolute atomic E-state index is 13.9. The first-order valence-electron chi connectivity index (χ1n) is 6.96. The summed E-state index contributed by atoms with van der Waals surface area (Å²) in [6.45, 7) is 2.92. The van der Waals surface area contributed by atoms with E-state index in [-0.39, 0.29) is 10.9 Å². The molecule has 1 aromatic heterocycles. The molecule has 0 bridgehead atoms. The maximum atomic E-state index is 13.9. The monoisotopic (exact) mass is 314 g/mol. The van der Waals surface area contributed by atoms with Gasteiger partial charge in [-0.25, -0.2) is 9.37 Å². The van der Waals surface area contributed by atoms with E-state index in [0.717, 1.165) is 6.42 Å². The molecule has 0 unspecified atom stereocenters. The summed E-state index contributed by atoms with van der Waals surface area (Å²) in [7, 11) is 3.74. The minimum atomic E-state index is -0.421. The third kappa shape index (κ3) is 4.28. The van der Waals surface area contributed by atoms with E-state index in [1.165, 1.54) is 12.3 Å². The van der Waals surface area contributed by atoms with Gasteiger partial charge in [0.25, 0.3) is 0 Å². The number of likely N-dealkylation sites (N-methyl/N-ethyl adjacent to an activating group) is 1. The Labute approximate surface area is 129 Å². The van der Waals surface area contributed by atoms with Crippen molar-refractivity contribution in [3.63, 3.8) is 0 Å². The molecule has 1 aromatic rings. The number of halogens is 2. The average molecular weight is 315 g/mol. The van der Waals surface area contributed by atoms with Gasteiger partial charge in [-0.1, -0.05) is 11.6 Å². The molecule has 5 nitrogen and oxygen atoms in total. The Morgan fingerprint density at radius 3 is 2.81 bits per heavy atom. The number of hydrogen-bond acceptors (Lipinski definition) is 4. The number of rotatable bonds is 3. The number of pyridine rings is 1. The third-order valence-corrected chi connectivity index (χ3v) is 3.59. The lowest BCUT2D eigenvalue weighted by Gasteiger charge is -2.24. The first-order chi connectivity index (χ1) is 9.97. The van der Waals surface area contributed by atoms with Crippen LogP contribution >= 0.6 is 11.6 Å². The molecule has 0 N–H and O–H groups in total. The van der Waals surface area contributed by atoms with E-state index in [1.807, 2.05) is 28.8 Å². The quantitative estimate of drug-likeness (QED) is 0.847. The fraction of sp³-hybridized carbons (Fsp3) is 0.571. The van der Waals surface area contributed by atoms with Crippen molar-refractivity contribution < 1.29 is 9.18 Å². The highest BCUT2D eigenvalue weighted by Gasteiger charge is 2.21. The maximum Gasteiger partial charge on any atom is 0.236 e. The minimum Gasteiger partial charge on any atom is -0.352 e. The number of hydrogen-bond donors (Lipinski definition) is 0. The number of carbonyl (C=O) groups is 1. The van der Waals surface area contributed by atoms with Crippen LogP contribution in [0.3, 0.4) is 0 Å². The Morgan fingerprint density at radius 1 is 1.38 bits per heavy atom. The zero-order valence-electron chi connectivity index (χ0n) is 12.4. The van der Waals surface area contributed by atoms with Gasteiger partial charge in [-0.05, 0) is 26.6 Å². The Balaban J connectivity index is 2.02. The van der Waals surface area contributed by atoms with Crippen molar-refractivity contribution >= 4 is 23.3 Å². The SMILES string of the molecule is CN(C)CC(=O)N1CCCN(c2ncc(Cl)cc2F)CC1. The van der Waals surface area contributed by atoms with E-state index < -0.39 is 5.82 Å². The van der Waals surface area contributed by atoms with Crippen LogP contribution in [0.15, 0.2) is 12.3 Å². The molecule has 0 radical (unpaired) electrons. The van der Waals surface area contributed by atoms with Crippen LogP contribution in [0.25, 0.3) is 0 Å². The predicted octanol–water partition coefficient (Wildman–Crippen LogP) is 1.47. The molecule has 2 rings (SSSR count). The van der Waals surface area contributed by atoms with Crippen molar-refractivity contribution in [1.82, 2.24) is 14.8 Å². The second-order valence-corrected chi connectivity index (χ2v) is 5.85. The van der Waals surface area contributed by atoms with Crippen LogP contribution in [-0.2, 0) is 4.79 Å². The summed E-state index contributed by atoms with van der Waals surface area (Å²) in [5.41, 5.74) is 0. The first-order valence-corrected chi connectivity index (χ1v) is 7.33. The molecule has 1 amide bonds. The van der Waals surface area contributed by atoms with E-state index in [9.17, 15) is 9.18 Å². The third-order valence-electron chi connectivity index (χ3n) is 3.39. The van der Waals surface area contributed by atoms with Crippen LogP contribution in [0.5, 0.6) is 0 Å². The molecule has 0 spiro atoms. The summed E-state index contributed by atoms with van der Waals surface area (Å²) in [6.07, 6.45) is 2.24. The minimum absolute atomic E-state index is 0.103. The lowest BCUT2D eigenvalue weighted by atomic mass is 10.3. The van der Waals surface area contributed by atoms with Crippen LogP contribution in [0.2, 0.25) is 5.02 Å². The van der Waals surface area contributed by atoms with Gasteiger partial charge >= 0.3 is 0 Å². The van der Waals surface area contributed by atoms with Gasteiger partial charge in [0.05, 0.1) is 11.6 Å². The molecule has 1 fully saturated rings. The second kappa shape index (κ2) is 7.04. The fourth-order valence-corrected chi connectivity index (χ4v) is 2.53. The Hall–Kier alpha value is -1.40. The number of carbonyl (C=O) groups excluding carboxylic acids is 1. The Morgan fingerprint density at radius 2 is 2.14 bits per heavy atom. The van der Waals surface area contributed by atoms with Crippen LogP contribution < -0.4 is 4.90 Å². The van der Waals surface area contributed by atoms with Gasteiger partial charge in [-0.2, -0.15) is 0 Å². The van der Waals surface area contributed by atoms with E-state index in [1.54, 1.807) is 0 Å². The molecule has 0 aliphatic carbocycles. The lowest BCUT2D eigenvalue weighted by Crippen LogP contribution is -2.40. The zero-order valence-corrected chi connectivity index (χ0v) is 13.1. The van der Waals surface area contributed by atoms with Crippen LogP contribution in [0.4, 0.5) is 10.2 Å². The van der Waals surface area contributed by atoms with Crippen molar-refractivity contribution in [2.24, 2.45) is 0 Å². The summed E-state index contributed by atoms with van der Waals surface area (Å²) >= 11 is 5.72. The van der Waals surface area contributed by atoms with Crippen molar-refractivity contribution in [2.75, 3.05) is 51.7 Å². The van der Waals surface area contributed by atoms with E-state index >= 15 is 0 Å². The van der Waals surface area contributed by atoms with E-state index in [4.69, 9.17) is 11.6 Å². The van der Waals surface area contributed by atoms with Gasteiger partial charge in [0, 0.05) is 32.4 Å². The molecule has 2 heterocycles. The molecule has 0 aromatic carbocycles. The summed E-state index contributed by atoms with van der Waals surface area (Å²) in [4.78, 5) is 21.7. The van der Waals surface area contributed by atoms with Crippen molar-refractivity contribution in [3.05, 3.63) is 23.1 Å². The molecular weight excluding hydrogens is 295 g/mol. The number of anilines is 1. The smallest absolute Gasteiger partial charge is 0.236 e. The van der Waals surface area contributed by atoms with Crippen molar-refractivity contribution in [3.8, 4) is 0 Å². The molecule has 7 heteroatoms. The van der Waals surface area contributed by atoms with Gasteiger partial charge in [0.1, 0.15) is 0 Å². The van der Waals surface area contributed by atoms with Crippen molar-refractivity contribution in [1.29, 1.82) is 0 Å². The molecule has 21 heavy (non-hydrogen) atoms. The molecule has 1 aliphatic heterocycles. The summed E-state index contributed by atoms with van der Waals surface area (Å²) in [6, 6.07) is 1.27. The molecular formula is C14H20ClFN4O. The highest BCUT2D eigenvalue weighted by atomic mass is 35.5. The van der Waals surface area contributed by atoms with Gasteiger partial charge in [-0.3, -0.25) is 4.79 Å². The van der Waals surface area contributed by atoms with Gasteiger partial charge < -0.3 is 14.7 Å². The molecule has 0 saturated carbocycles. The van der Waals surface area contributed by atoms with Crippen LogP contribution in [0, 0.1) is 5.82 Å². The van der Waals surface area contributed by atoms with Gasteiger partial charge in [0.2, 0.25) is 5.91 Å². The van der Waals surface area contributed by atoms with E-state index in [0.29, 0.717) is 38.5 Å². The number of nitrogens with zero attached hydrogens (tertiary/aromatic N) is 4. The predicted molar refractivity (Wildman–Crippen MR) is 81.2 cm³/mol. The Kier molecular flexibility index (Phi) is 5.36. The van der Waals surface area contributed by atoms with Crippen LogP contribution in [0.1, 0.15) is 6.42 Å². The summed E-state index contributed by atoms with van der Waals surface area (Å²) in [5.74, 6) is -0.0109. The fourth-order valence-electron chi connectivity index (χ4n) is 2.39. The topological polar surface area (TPSA) is 39.7 Å². The van der Waals surface area contributed by atoms with E-state index in [2.05, 4.69) is 4.98 Å². The zero-order chi connectivity index (χ0) is 15.4. The normalized spacial score (nSPS) is 16.2. The van der Waals surface area contributed by atoms with Crippen LogP contribution in [-0.4, -0.2) is 67.5 Å². The lowest BCUT2D eigenvalue weighted by molar-refractivity contribution is -0.131. The summed E-state index contributed by atoms with van der Waals surface area (Å²) < 4.78 is 13.9. The Bertz CT molecular complexity index is 512. The largest absolute Gasteiger partial charge is 0.352 e. The second-order valence-electron chi connectivity index (χ2n) is 5.42. The molecule has 1 aliphatic rings. The number of aromatic nitrogens is 1. The van der Waals surface area contributed by atoms with Gasteiger partial charge in [-0.15, -0.1) is 0 Å². The molecule has 0 atom stereocenters. The molecule has 116 valence electrons. The average Bonchev–Trinajstić information content (AvgIpc) is 2.63. The summed E-state index contributed by atoms with van der Waals surface area (Å²) in [5, 5.41) is 0.286. The standard InChI is InChI=1S/C14H20ClFN4O/c1-18(2)10-13(21)19-4-3-5-20(7-6-19)14-12(16)8-11(15)9-17-14/h8-9H,3-7,10H2,1-2H3.